The number of ether oxygens (including phenoxy) is 1. The third-order valence-electron chi connectivity index (χ3n) is 4.78. The van der Waals surface area contributed by atoms with Crippen molar-refractivity contribution in [1.82, 2.24) is 9.80 Å². The van der Waals surface area contributed by atoms with E-state index in [0.717, 1.165) is 5.56 Å². The first-order valence-electron chi connectivity index (χ1n) is 9.95. The lowest BCUT2D eigenvalue weighted by Crippen LogP contribution is -2.44. The first-order chi connectivity index (χ1) is 15.1. The number of furan rings is 1. The normalized spacial score (nSPS) is 10.6. The van der Waals surface area contributed by atoms with Crippen LogP contribution in [0.4, 0.5) is 4.39 Å². The monoisotopic (exact) mass is 424 g/mol. The smallest absolute Gasteiger partial charge is 0.257 e. The summed E-state index contributed by atoms with van der Waals surface area (Å²) in [5, 5.41) is 0. The van der Waals surface area contributed by atoms with E-state index in [-0.39, 0.29) is 37.7 Å². The Hall–Kier alpha value is -3.45. The lowest BCUT2D eigenvalue weighted by Gasteiger charge is -2.27. The molecule has 7 heteroatoms. The van der Waals surface area contributed by atoms with Crippen molar-refractivity contribution in [3.8, 4) is 0 Å². The van der Waals surface area contributed by atoms with Crippen molar-refractivity contribution in [2.75, 3.05) is 26.8 Å². The number of hydrogen-bond acceptors (Lipinski definition) is 4. The van der Waals surface area contributed by atoms with Gasteiger partial charge in [-0.25, -0.2) is 4.39 Å². The number of carbonyl (C=O) groups is 2. The van der Waals surface area contributed by atoms with E-state index in [2.05, 4.69) is 0 Å². The van der Waals surface area contributed by atoms with E-state index in [1.807, 2.05) is 30.3 Å². The molecule has 0 unspecified atom stereocenters. The largest absolute Gasteiger partial charge is 0.467 e. The van der Waals surface area contributed by atoms with Gasteiger partial charge in [-0.1, -0.05) is 42.5 Å². The van der Waals surface area contributed by atoms with Crippen LogP contribution in [0.1, 0.15) is 21.7 Å². The lowest BCUT2D eigenvalue weighted by molar-refractivity contribution is -0.133. The second-order valence-corrected chi connectivity index (χ2v) is 7.01. The molecule has 31 heavy (non-hydrogen) atoms. The van der Waals surface area contributed by atoms with E-state index >= 15 is 0 Å². The van der Waals surface area contributed by atoms with Gasteiger partial charge in [0.15, 0.2) is 0 Å². The Morgan fingerprint density at radius 1 is 0.935 bits per heavy atom. The molecular formula is C24H25FN2O4. The summed E-state index contributed by atoms with van der Waals surface area (Å²) in [6, 6.07) is 18.8. The number of hydrogen-bond donors (Lipinski definition) is 0. The molecule has 1 heterocycles. The van der Waals surface area contributed by atoms with Crippen molar-refractivity contribution in [2.45, 2.75) is 13.1 Å². The van der Waals surface area contributed by atoms with Gasteiger partial charge in [-0.2, -0.15) is 0 Å². The number of halogens is 1. The molecule has 0 bridgehead atoms. The average molecular weight is 424 g/mol. The number of carbonyl (C=O) groups excluding carboxylic acids is 2. The highest BCUT2D eigenvalue weighted by Gasteiger charge is 2.24. The molecule has 3 rings (SSSR count). The van der Waals surface area contributed by atoms with Gasteiger partial charge >= 0.3 is 0 Å². The molecule has 0 radical (unpaired) electrons. The van der Waals surface area contributed by atoms with E-state index in [1.165, 1.54) is 30.2 Å². The highest BCUT2D eigenvalue weighted by molar-refractivity contribution is 5.96. The van der Waals surface area contributed by atoms with Crippen LogP contribution in [-0.4, -0.2) is 48.4 Å². The Morgan fingerprint density at radius 3 is 2.35 bits per heavy atom. The van der Waals surface area contributed by atoms with Crippen molar-refractivity contribution in [2.24, 2.45) is 0 Å². The maximum absolute atomic E-state index is 14.2. The fraction of sp³-hybridized carbons (Fsp3) is 0.250. The van der Waals surface area contributed by atoms with Crippen molar-refractivity contribution in [1.29, 1.82) is 0 Å². The summed E-state index contributed by atoms with van der Waals surface area (Å²) in [6.07, 6.45) is 1.55. The summed E-state index contributed by atoms with van der Waals surface area (Å²) < 4.78 is 24.7. The van der Waals surface area contributed by atoms with Crippen LogP contribution >= 0.6 is 0 Å². The van der Waals surface area contributed by atoms with E-state index in [4.69, 9.17) is 9.15 Å². The molecule has 0 saturated carbocycles. The Labute approximate surface area is 180 Å². The number of nitrogens with zero attached hydrogens (tertiary/aromatic N) is 2. The maximum atomic E-state index is 14.2. The molecule has 6 nitrogen and oxygen atoms in total. The molecule has 2 amide bonds. The van der Waals surface area contributed by atoms with Crippen LogP contribution in [0.25, 0.3) is 0 Å². The highest BCUT2D eigenvalue weighted by atomic mass is 19.1. The molecule has 3 aromatic rings. The third kappa shape index (κ3) is 6.26. The quantitative estimate of drug-likeness (QED) is 0.498. The van der Waals surface area contributed by atoms with Gasteiger partial charge in [-0.15, -0.1) is 0 Å². The van der Waals surface area contributed by atoms with Crippen molar-refractivity contribution in [3.05, 3.63) is 95.7 Å². The molecular weight excluding hydrogens is 399 g/mol. The van der Waals surface area contributed by atoms with Crippen LogP contribution in [0, 0.1) is 5.82 Å². The van der Waals surface area contributed by atoms with Gasteiger partial charge in [0.05, 0.1) is 25.0 Å². The second-order valence-electron chi connectivity index (χ2n) is 7.01. The molecule has 0 aliphatic rings. The number of amides is 2. The summed E-state index contributed by atoms with van der Waals surface area (Å²) in [4.78, 5) is 29.1. The zero-order valence-corrected chi connectivity index (χ0v) is 17.4. The summed E-state index contributed by atoms with van der Waals surface area (Å²) in [5.41, 5.74) is 0.873. The van der Waals surface area contributed by atoms with Crippen LogP contribution in [0.5, 0.6) is 0 Å². The van der Waals surface area contributed by atoms with Gasteiger partial charge in [0, 0.05) is 20.2 Å². The molecule has 0 aliphatic heterocycles. The molecule has 0 spiro atoms. The lowest BCUT2D eigenvalue weighted by atomic mass is 10.1. The SMILES string of the molecule is COCCN(CC(=O)N(Cc1ccccc1)Cc1ccco1)C(=O)c1ccccc1F. The van der Waals surface area contributed by atoms with Gasteiger partial charge in [0.2, 0.25) is 5.91 Å². The van der Waals surface area contributed by atoms with E-state index < -0.39 is 11.7 Å². The van der Waals surface area contributed by atoms with Gasteiger partial charge in [-0.3, -0.25) is 9.59 Å². The molecule has 0 fully saturated rings. The van der Waals surface area contributed by atoms with Crippen molar-refractivity contribution < 1.29 is 23.1 Å². The van der Waals surface area contributed by atoms with Crippen LogP contribution in [-0.2, 0) is 22.6 Å². The van der Waals surface area contributed by atoms with Crippen molar-refractivity contribution >= 4 is 11.8 Å². The number of rotatable bonds is 10. The van der Waals surface area contributed by atoms with Crippen LogP contribution < -0.4 is 0 Å². The summed E-state index contributed by atoms with van der Waals surface area (Å²) in [7, 11) is 1.51. The molecule has 0 atom stereocenters. The van der Waals surface area contributed by atoms with E-state index in [0.29, 0.717) is 12.3 Å². The van der Waals surface area contributed by atoms with E-state index in [9.17, 15) is 14.0 Å². The minimum Gasteiger partial charge on any atom is -0.467 e. The maximum Gasteiger partial charge on any atom is 0.257 e. The minimum absolute atomic E-state index is 0.0768. The van der Waals surface area contributed by atoms with E-state index in [1.54, 1.807) is 29.4 Å². The average Bonchev–Trinajstić information content (AvgIpc) is 3.30. The summed E-state index contributed by atoms with van der Waals surface area (Å²) in [5.74, 6) is -0.825. The van der Waals surface area contributed by atoms with Gasteiger partial charge in [0.1, 0.15) is 18.1 Å². The Bertz CT molecular complexity index is 976. The summed E-state index contributed by atoms with van der Waals surface area (Å²) >= 11 is 0. The molecule has 2 aromatic carbocycles. The third-order valence-corrected chi connectivity index (χ3v) is 4.78. The zero-order valence-electron chi connectivity index (χ0n) is 17.4. The first-order valence-corrected chi connectivity index (χ1v) is 9.95. The predicted octanol–water partition coefficient (Wildman–Crippen LogP) is 3.74. The number of benzene rings is 2. The fourth-order valence-electron chi connectivity index (χ4n) is 3.15. The topological polar surface area (TPSA) is 63.0 Å². The second kappa shape index (κ2) is 11.1. The molecule has 0 aliphatic carbocycles. The summed E-state index contributed by atoms with van der Waals surface area (Å²) in [6.45, 7) is 0.795. The van der Waals surface area contributed by atoms with Gasteiger partial charge in [-0.05, 0) is 29.8 Å². The van der Waals surface area contributed by atoms with Gasteiger partial charge < -0.3 is 19.0 Å². The Balaban J connectivity index is 1.79. The Morgan fingerprint density at radius 2 is 1.68 bits per heavy atom. The zero-order chi connectivity index (χ0) is 22.1. The molecule has 1 aromatic heterocycles. The van der Waals surface area contributed by atoms with Crippen LogP contribution in [0.15, 0.2) is 77.4 Å². The van der Waals surface area contributed by atoms with Crippen LogP contribution in [0.2, 0.25) is 0 Å². The highest BCUT2D eigenvalue weighted by Crippen LogP contribution is 2.14. The number of methoxy groups -OCH3 is 1. The molecule has 162 valence electrons. The molecule has 0 saturated heterocycles. The van der Waals surface area contributed by atoms with Crippen molar-refractivity contribution in [3.63, 3.8) is 0 Å². The fourth-order valence-corrected chi connectivity index (χ4v) is 3.15. The van der Waals surface area contributed by atoms with Gasteiger partial charge in [0.25, 0.3) is 5.91 Å². The predicted molar refractivity (Wildman–Crippen MR) is 114 cm³/mol. The Kier molecular flexibility index (Phi) is 7.95. The minimum atomic E-state index is -0.626. The molecule has 0 N–H and O–H groups in total. The standard InChI is InChI=1S/C24H25FN2O4/c1-30-15-13-26(24(29)21-11-5-6-12-22(21)25)18-23(28)27(17-20-10-7-14-31-20)16-19-8-3-2-4-9-19/h2-12,14H,13,15-18H2,1H3. The first kappa shape index (κ1) is 22.2. The van der Waals surface area contributed by atoms with Crippen LogP contribution in [0.3, 0.4) is 0 Å².